The topological polar surface area (TPSA) is 66.6 Å². The van der Waals surface area contributed by atoms with Gasteiger partial charge >= 0.3 is 5.00 Å². The minimum atomic E-state index is -0.359. The van der Waals surface area contributed by atoms with Crippen LogP contribution in [0.25, 0.3) is 0 Å². The Balaban J connectivity index is 2.00. The molecule has 88 valence electrons. The molecule has 0 amide bonds. The molecule has 1 aromatic heterocycles. The van der Waals surface area contributed by atoms with Gasteiger partial charge in [-0.05, 0) is 24.9 Å². The van der Waals surface area contributed by atoms with Crippen molar-refractivity contribution in [2.24, 2.45) is 0 Å². The third-order valence-electron chi connectivity index (χ3n) is 2.92. The minimum absolute atomic E-state index is 0.173. The summed E-state index contributed by atoms with van der Waals surface area (Å²) in [6.45, 7) is 1.84. The normalized spacial score (nSPS) is 21.4. The molecule has 0 radical (unpaired) electrons. The van der Waals surface area contributed by atoms with Gasteiger partial charge in [-0.25, -0.2) is 0 Å². The highest BCUT2D eigenvalue weighted by atomic mass is 32.1. The summed E-state index contributed by atoms with van der Waals surface area (Å²) in [6, 6.07) is 1.84. The molecule has 0 spiro atoms. The van der Waals surface area contributed by atoms with Gasteiger partial charge in [-0.3, -0.25) is 15.0 Å². The summed E-state index contributed by atoms with van der Waals surface area (Å²) < 4.78 is 0. The minimum Gasteiger partial charge on any atom is -0.395 e. The zero-order chi connectivity index (χ0) is 11.5. The van der Waals surface area contributed by atoms with Crippen LogP contribution in [0.3, 0.4) is 0 Å². The van der Waals surface area contributed by atoms with Gasteiger partial charge in [0.05, 0.1) is 11.5 Å². The van der Waals surface area contributed by atoms with Crippen LogP contribution in [-0.2, 0) is 6.54 Å². The van der Waals surface area contributed by atoms with E-state index in [-0.39, 0.29) is 22.6 Å². The van der Waals surface area contributed by atoms with Gasteiger partial charge in [-0.1, -0.05) is 11.3 Å². The van der Waals surface area contributed by atoms with Crippen molar-refractivity contribution in [1.82, 2.24) is 4.90 Å². The second kappa shape index (κ2) is 4.90. The average molecular weight is 242 g/mol. The Morgan fingerprint density at radius 3 is 3.12 bits per heavy atom. The summed E-state index contributed by atoms with van der Waals surface area (Å²) in [4.78, 5) is 12.4. The van der Waals surface area contributed by atoms with Crippen LogP contribution in [0.1, 0.15) is 18.4 Å². The number of hydrogen-bond donors (Lipinski definition) is 1. The summed E-state index contributed by atoms with van der Waals surface area (Å²) in [5.41, 5.74) is 0.969. The van der Waals surface area contributed by atoms with Gasteiger partial charge < -0.3 is 5.11 Å². The fraction of sp³-hybridized carbons (Fsp3) is 0.600. The molecule has 1 aliphatic heterocycles. The lowest BCUT2D eigenvalue weighted by atomic mass is 10.2. The Hall–Kier alpha value is -0.980. The molecule has 0 aliphatic carbocycles. The van der Waals surface area contributed by atoms with Crippen molar-refractivity contribution in [2.45, 2.75) is 25.4 Å². The summed E-state index contributed by atoms with van der Waals surface area (Å²) in [7, 11) is 0. The molecular formula is C10H14N2O3S. The Labute approximate surface area is 97.5 Å². The molecule has 0 bridgehead atoms. The third kappa shape index (κ3) is 2.40. The Bertz CT molecular complexity index is 380. The molecule has 0 saturated carbocycles. The van der Waals surface area contributed by atoms with E-state index in [9.17, 15) is 10.1 Å². The summed E-state index contributed by atoms with van der Waals surface area (Å²) in [6.07, 6.45) is 2.11. The molecule has 0 unspecified atom stereocenters. The van der Waals surface area contributed by atoms with E-state index >= 15 is 0 Å². The highest BCUT2D eigenvalue weighted by Gasteiger charge is 2.24. The summed E-state index contributed by atoms with van der Waals surface area (Å²) in [5, 5.41) is 21.7. The van der Waals surface area contributed by atoms with Crippen LogP contribution in [0.15, 0.2) is 11.4 Å². The number of hydrogen-bond acceptors (Lipinski definition) is 5. The Morgan fingerprint density at radius 2 is 2.50 bits per heavy atom. The van der Waals surface area contributed by atoms with E-state index in [0.29, 0.717) is 6.54 Å². The summed E-state index contributed by atoms with van der Waals surface area (Å²) >= 11 is 1.16. The first kappa shape index (κ1) is 11.5. The third-order valence-corrected chi connectivity index (χ3v) is 3.84. The molecule has 1 fully saturated rings. The van der Waals surface area contributed by atoms with Crippen molar-refractivity contribution >= 4 is 16.3 Å². The highest BCUT2D eigenvalue weighted by Crippen LogP contribution is 2.26. The lowest BCUT2D eigenvalue weighted by Crippen LogP contribution is -2.31. The lowest BCUT2D eigenvalue weighted by Gasteiger charge is -2.21. The van der Waals surface area contributed by atoms with Crippen molar-refractivity contribution in [3.8, 4) is 0 Å². The molecule has 1 atom stereocenters. The van der Waals surface area contributed by atoms with Crippen LogP contribution in [-0.4, -0.2) is 34.1 Å². The van der Waals surface area contributed by atoms with Gasteiger partial charge in [0.25, 0.3) is 0 Å². The number of aliphatic hydroxyl groups excluding tert-OH is 1. The van der Waals surface area contributed by atoms with Crippen molar-refractivity contribution in [1.29, 1.82) is 0 Å². The van der Waals surface area contributed by atoms with Gasteiger partial charge in [0.2, 0.25) is 0 Å². The number of thiophene rings is 1. The molecule has 1 saturated heterocycles. The van der Waals surface area contributed by atoms with E-state index < -0.39 is 0 Å². The van der Waals surface area contributed by atoms with Crippen LogP contribution in [0.2, 0.25) is 0 Å². The maximum Gasteiger partial charge on any atom is 0.324 e. The van der Waals surface area contributed by atoms with E-state index in [1.165, 1.54) is 0 Å². The number of aliphatic hydroxyl groups is 1. The predicted octanol–water partition coefficient (Wildman–Crippen LogP) is 1.61. The second-order valence-corrected chi connectivity index (χ2v) is 4.89. The quantitative estimate of drug-likeness (QED) is 0.643. The number of likely N-dealkylation sites (tertiary alicyclic amines) is 1. The molecule has 1 aromatic rings. The van der Waals surface area contributed by atoms with E-state index in [1.54, 1.807) is 6.07 Å². The SMILES string of the molecule is O=[N+]([O-])c1cc(CN2CCC[C@H]2CO)cs1. The zero-order valence-corrected chi connectivity index (χ0v) is 9.65. The molecule has 6 heteroatoms. The molecule has 5 nitrogen and oxygen atoms in total. The first-order valence-electron chi connectivity index (χ1n) is 5.27. The van der Waals surface area contributed by atoms with Gasteiger partial charge in [0, 0.05) is 24.0 Å². The van der Waals surface area contributed by atoms with Crippen molar-refractivity contribution in [3.05, 3.63) is 27.1 Å². The maximum atomic E-state index is 10.5. The van der Waals surface area contributed by atoms with Gasteiger partial charge in [0.15, 0.2) is 0 Å². The van der Waals surface area contributed by atoms with Crippen LogP contribution in [0, 0.1) is 10.1 Å². The standard InChI is InChI=1S/C10H14N2O3S/c13-6-9-2-1-3-11(9)5-8-4-10(12(14)15)16-7-8/h4,7,9,13H,1-3,5-6H2/t9-/m0/s1. The smallest absolute Gasteiger partial charge is 0.324 e. The largest absolute Gasteiger partial charge is 0.395 e. The molecular weight excluding hydrogens is 228 g/mol. The maximum absolute atomic E-state index is 10.5. The zero-order valence-electron chi connectivity index (χ0n) is 8.83. The van der Waals surface area contributed by atoms with Gasteiger partial charge in [0.1, 0.15) is 0 Å². The monoisotopic (exact) mass is 242 g/mol. The second-order valence-electron chi connectivity index (χ2n) is 4.00. The van der Waals surface area contributed by atoms with Crippen LogP contribution >= 0.6 is 11.3 Å². The highest BCUT2D eigenvalue weighted by molar-refractivity contribution is 7.13. The van der Waals surface area contributed by atoms with Gasteiger partial charge in [-0.2, -0.15) is 0 Å². The molecule has 2 rings (SSSR count). The molecule has 1 N–H and O–H groups in total. The Kier molecular flexibility index (Phi) is 3.52. The number of nitro groups is 1. The van der Waals surface area contributed by atoms with Crippen LogP contribution in [0.4, 0.5) is 5.00 Å². The predicted molar refractivity (Wildman–Crippen MR) is 61.5 cm³/mol. The van der Waals surface area contributed by atoms with Crippen LogP contribution < -0.4 is 0 Å². The van der Waals surface area contributed by atoms with E-state index in [2.05, 4.69) is 4.90 Å². The van der Waals surface area contributed by atoms with E-state index in [1.807, 2.05) is 5.38 Å². The first-order valence-corrected chi connectivity index (χ1v) is 6.15. The molecule has 0 aromatic carbocycles. The lowest BCUT2D eigenvalue weighted by molar-refractivity contribution is -0.380. The van der Waals surface area contributed by atoms with Gasteiger partial charge in [-0.15, -0.1) is 0 Å². The fourth-order valence-corrected chi connectivity index (χ4v) is 2.81. The van der Waals surface area contributed by atoms with E-state index in [0.717, 1.165) is 36.3 Å². The number of nitrogens with zero attached hydrogens (tertiary/aromatic N) is 2. The molecule has 2 heterocycles. The van der Waals surface area contributed by atoms with Crippen molar-refractivity contribution < 1.29 is 10.0 Å². The first-order chi connectivity index (χ1) is 7.70. The van der Waals surface area contributed by atoms with Crippen molar-refractivity contribution in [3.63, 3.8) is 0 Å². The Morgan fingerprint density at radius 1 is 1.69 bits per heavy atom. The molecule has 1 aliphatic rings. The average Bonchev–Trinajstić information content (AvgIpc) is 2.87. The fourth-order valence-electron chi connectivity index (χ4n) is 2.09. The van der Waals surface area contributed by atoms with Crippen molar-refractivity contribution in [2.75, 3.05) is 13.2 Å². The number of rotatable bonds is 4. The van der Waals surface area contributed by atoms with Crippen LogP contribution in [0.5, 0.6) is 0 Å². The molecule has 16 heavy (non-hydrogen) atoms. The van der Waals surface area contributed by atoms with E-state index in [4.69, 9.17) is 5.11 Å². The summed E-state index contributed by atoms with van der Waals surface area (Å²) in [5.74, 6) is 0.